The maximum Gasteiger partial charge on any atom is 0.407 e. The van der Waals surface area contributed by atoms with Crippen LogP contribution in [0.5, 0.6) is 0 Å². The highest BCUT2D eigenvalue weighted by Crippen LogP contribution is 2.30. The van der Waals surface area contributed by atoms with E-state index in [0.29, 0.717) is 12.8 Å². The van der Waals surface area contributed by atoms with Crippen molar-refractivity contribution in [1.82, 2.24) is 5.32 Å². The predicted octanol–water partition coefficient (Wildman–Crippen LogP) is 3.59. The first kappa shape index (κ1) is 13.8. The molecule has 1 fully saturated rings. The van der Waals surface area contributed by atoms with Crippen molar-refractivity contribution in [1.29, 1.82) is 0 Å². The largest absolute Gasteiger partial charge is 0.445 e. The lowest BCUT2D eigenvalue weighted by Gasteiger charge is -2.29. The number of rotatable bonds is 4. The van der Waals surface area contributed by atoms with Gasteiger partial charge in [0.25, 0.3) is 0 Å². The number of hydrogen-bond acceptors (Lipinski definition) is 2. The summed E-state index contributed by atoms with van der Waals surface area (Å²) in [6, 6.07) is 9.43. The number of ether oxygens (including phenoxy) is 1. The number of alkyl carbamates (subject to hydrolysis) is 1. The zero-order chi connectivity index (χ0) is 13.6. The van der Waals surface area contributed by atoms with Gasteiger partial charge in [-0.2, -0.15) is 0 Å². The van der Waals surface area contributed by atoms with Gasteiger partial charge in [-0.3, -0.25) is 0 Å². The van der Waals surface area contributed by atoms with Gasteiger partial charge in [0.15, 0.2) is 0 Å². The van der Waals surface area contributed by atoms with Gasteiger partial charge in [-0.1, -0.05) is 49.6 Å². The fourth-order valence-electron chi connectivity index (χ4n) is 2.37. The van der Waals surface area contributed by atoms with E-state index in [1.165, 1.54) is 0 Å². The predicted molar refractivity (Wildman–Crippen MR) is 71.6 cm³/mol. The van der Waals surface area contributed by atoms with E-state index in [1.807, 2.05) is 30.3 Å². The van der Waals surface area contributed by atoms with Crippen LogP contribution in [-0.2, 0) is 11.3 Å². The Balaban J connectivity index is 1.70. The molecule has 2 rings (SSSR count). The highest BCUT2D eigenvalue weighted by atomic mass is 19.1. The molecule has 0 saturated heterocycles. The van der Waals surface area contributed by atoms with Gasteiger partial charge in [0, 0.05) is 0 Å². The lowest BCUT2D eigenvalue weighted by molar-refractivity contribution is 0.0928. The molecule has 1 aromatic rings. The van der Waals surface area contributed by atoms with Gasteiger partial charge < -0.3 is 10.1 Å². The van der Waals surface area contributed by atoms with Crippen molar-refractivity contribution in [2.45, 2.75) is 44.4 Å². The van der Waals surface area contributed by atoms with Crippen LogP contribution >= 0.6 is 0 Å². The first-order chi connectivity index (χ1) is 9.18. The van der Waals surface area contributed by atoms with Crippen molar-refractivity contribution in [2.24, 2.45) is 0 Å². The number of hydrogen-bond donors (Lipinski definition) is 1. The average molecular weight is 265 g/mol. The van der Waals surface area contributed by atoms with Crippen molar-refractivity contribution in [3.8, 4) is 0 Å². The van der Waals surface area contributed by atoms with Gasteiger partial charge >= 0.3 is 6.09 Å². The molecule has 0 aromatic heterocycles. The van der Waals surface area contributed by atoms with E-state index in [0.717, 1.165) is 24.8 Å². The Labute approximate surface area is 113 Å². The Bertz CT molecular complexity index is 402. The molecule has 1 N–H and O–H groups in total. The molecule has 0 unspecified atom stereocenters. The first-order valence-corrected chi connectivity index (χ1v) is 6.81. The van der Waals surface area contributed by atoms with Crippen molar-refractivity contribution >= 4 is 6.09 Å². The highest BCUT2D eigenvalue weighted by molar-refractivity contribution is 5.67. The molecule has 0 atom stereocenters. The van der Waals surface area contributed by atoms with Crippen molar-refractivity contribution in [2.75, 3.05) is 6.54 Å². The summed E-state index contributed by atoms with van der Waals surface area (Å²) < 4.78 is 19.3. The summed E-state index contributed by atoms with van der Waals surface area (Å²) in [4.78, 5) is 11.5. The van der Waals surface area contributed by atoms with Crippen LogP contribution in [0.2, 0.25) is 0 Å². The minimum atomic E-state index is -1.25. The zero-order valence-electron chi connectivity index (χ0n) is 11.0. The van der Waals surface area contributed by atoms with Crippen LogP contribution in [0, 0.1) is 0 Å². The Kier molecular flexibility index (Phi) is 4.77. The Morgan fingerprint density at radius 3 is 2.58 bits per heavy atom. The van der Waals surface area contributed by atoms with Crippen molar-refractivity contribution in [3.05, 3.63) is 35.9 Å². The van der Waals surface area contributed by atoms with Crippen LogP contribution in [0.15, 0.2) is 30.3 Å². The second-order valence-corrected chi connectivity index (χ2v) is 5.13. The molecular weight excluding hydrogens is 245 g/mol. The molecule has 1 aromatic carbocycles. The normalized spacial score (nSPS) is 17.7. The molecule has 0 radical (unpaired) electrons. The monoisotopic (exact) mass is 265 g/mol. The van der Waals surface area contributed by atoms with Crippen molar-refractivity contribution in [3.63, 3.8) is 0 Å². The molecule has 0 bridgehead atoms. The molecule has 4 heteroatoms. The minimum Gasteiger partial charge on any atom is -0.445 e. The van der Waals surface area contributed by atoms with E-state index in [4.69, 9.17) is 4.74 Å². The third-order valence-electron chi connectivity index (χ3n) is 3.51. The van der Waals surface area contributed by atoms with E-state index in [9.17, 15) is 9.18 Å². The van der Waals surface area contributed by atoms with Crippen LogP contribution in [-0.4, -0.2) is 18.3 Å². The molecule has 3 nitrogen and oxygen atoms in total. The van der Waals surface area contributed by atoms with E-state index >= 15 is 0 Å². The fourth-order valence-corrected chi connectivity index (χ4v) is 2.37. The molecular formula is C15H20FNO2. The molecule has 1 aliphatic rings. The maximum absolute atomic E-state index is 14.2. The first-order valence-electron chi connectivity index (χ1n) is 6.81. The lowest BCUT2D eigenvalue weighted by Crippen LogP contribution is -2.41. The van der Waals surface area contributed by atoms with Gasteiger partial charge in [0.1, 0.15) is 12.3 Å². The lowest BCUT2D eigenvalue weighted by atomic mass is 9.86. The van der Waals surface area contributed by atoms with Gasteiger partial charge in [-0.15, -0.1) is 0 Å². The number of amides is 1. The fraction of sp³-hybridized carbons (Fsp3) is 0.533. The van der Waals surface area contributed by atoms with Crippen LogP contribution in [0.3, 0.4) is 0 Å². The standard InChI is InChI=1S/C15H20FNO2/c16-15(9-5-2-6-10-15)12-17-14(18)19-11-13-7-3-1-4-8-13/h1,3-4,7-8H,2,5-6,9-12H2,(H,17,18). The van der Waals surface area contributed by atoms with E-state index < -0.39 is 11.8 Å². The molecule has 1 aliphatic carbocycles. The molecule has 0 heterocycles. The zero-order valence-corrected chi connectivity index (χ0v) is 11.0. The van der Waals surface area contributed by atoms with Gasteiger partial charge in [0.05, 0.1) is 6.54 Å². The van der Waals surface area contributed by atoms with Gasteiger partial charge in [-0.25, -0.2) is 9.18 Å². The third kappa shape index (κ3) is 4.54. The van der Waals surface area contributed by atoms with Gasteiger partial charge in [-0.05, 0) is 18.4 Å². The summed E-state index contributed by atoms with van der Waals surface area (Å²) in [6.45, 7) is 0.270. The minimum absolute atomic E-state index is 0.0562. The van der Waals surface area contributed by atoms with E-state index in [-0.39, 0.29) is 13.2 Å². The molecule has 1 amide bonds. The number of carbonyl (C=O) groups is 1. The molecule has 104 valence electrons. The molecule has 1 saturated carbocycles. The van der Waals surface area contributed by atoms with Crippen LogP contribution < -0.4 is 5.32 Å². The Morgan fingerprint density at radius 1 is 1.21 bits per heavy atom. The molecule has 0 aliphatic heterocycles. The molecule has 0 spiro atoms. The number of benzene rings is 1. The highest BCUT2D eigenvalue weighted by Gasteiger charge is 2.32. The third-order valence-corrected chi connectivity index (χ3v) is 3.51. The van der Waals surface area contributed by atoms with Gasteiger partial charge in [0.2, 0.25) is 0 Å². The summed E-state index contributed by atoms with van der Waals surface area (Å²) in [5.41, 5.74) is -0.324. The quantitative estimate of drug-likeness (QED) is 0.903. The summed E-state index contributed by atoms with van der Waals surface area (Å²) in [6.07, 6.45) is 3.41. The summed E-state index contributed by atoms with van der Waals surface area (Å²) in [5, 5.41) is 2.53. The summed E-state index contributed by atoms with van der Waals surface area (Å²) >= 11 is 0. The maximum atomic E-state index is 14.2. The number of halogens is 1. The van der Waals surface area contributed by atoms with Crippen LogP contribution in [0.25, 0.3) is 0 Å². The number of nitrogens with one attached hydrogen (secondary N) is 1. The smallest absolute Gasteiger partial charge is 0.407 e. The van der Waals surface area contributed by atoms with Crippen LogP contribution in [0.1, 0.15) is 37.7 Å². The Hall–Kier alpha value is -1.58. The number of carbonyl (C=O) groups excluding carboxylic acids is 1. The topological polar surface area (TPSA) is 38.3 Å². The van der Waals surface area contributed by atoms with Crippen LogP contribution in [0.4, 0.5) is 9.18 Å². The summed E-state index contributed by atoms with van der Waals surface area (Å²) in [5.74, 6) is 0. The second kappa shape index (κ2) is 6.55. The second-order valence-electron chi connectivity index (χ2n) is 5.13. The number of alkyl halides is 1. The average Bonchev–Trinajstić information content (AvgIpc) is 2.45. The SMILES string of the molecule is O=C(NCC1(F)CCCCC1)OCc1ccccc1. The van der Waals surface area contributed by atoms with E-state index in [2.05, 4.69) is 5.32 Å². The summed E-state index contributed by atoms with van der Waals surface area (Å²) in [7, 11) is 0. The molecule has 19 heavy (non-hydrogen) atoms. The van der Waals surface area contributed by atoms with Crippen molar-refractivity contribution < 1.29 is 13.9 Å². The van der Waals surface area contributed by atoms with E-state index in [1.54, 1.807) is 0 Å². The Morgan fingerprint density at radius 2 is 1.89 bits per heavy atom.